The lowest BCUT2D eigenvalue weighted by molar-refractivity contribution is -0.119. The van der Waals surface area contributed by atoms with Gasteiger partial charge < -0.3 is 10.6 Å². The summed E-state index contributed by atoms with van der Waals surface area (Å²) in [4.78, 5) is 46.2. The first-order valence-corrected chi connectivity index (χ1v) is 12.3. The number of ketones is 1. The van der Waals surface area contributed by atoms with Crippen LogP contribution in [0.15, 0.2) is 47.2 Å². The SMILES string of the molecule is C\C=C(/C(C)=C\C(C(=O)CC)=C(/C)CC)c1cc2cnc(NC(=O)C3CC3(F)F)cc2nc1C(=O)NC. The highest BCUT2D eigenvalue weighted by atomic mass is 19.3. The molecule has 0 radical (unpaired) electrons. The summed E-state index contributed by atoms with van der Waals surface area (Å²) in [6.45, 7) is 9.47. The fraction of sp³-hybridized carbons (Fsp3) is 0.393. The molecule has 1 saturated carbocycles. The molecular formula is C28H32F2N4O3. The molecule has 0 spiro atoms. The zero-order valence-corrected chi connectivity index (χ0v) is 22.0. The summed E-state index contributed by atoms with van der Waals surface area (Å²) in [5.74, 6) is -5.45. The van der Waals surface area contributed by atoms with Crippen LogP contribution in [0.2, 0.25) is 0 Å². The Hall–Kier alpha value is -3.75. The van der Waals surface area contributed by atoms with E-state index in [-0.39, 0.29) is 17.3 Å². The topological polar surface area (TPSA) is 101 Å². The summed E-state index contributed by atoms with van der Waals surface area (Å²) >= 11 is 0. The smallest absolute Gasteiger partial charge is 0.270 e. The maximum atomic E-state index is 13.2. The third kappa shape index (κ3) is 5.98. The third-order valence-electron chi connectivity index (χ3n) is 6.51. The second-order valence-corrected chi connectivity index (χ2v) is 9.09. The molecule has 0 saturated heterocycles. The monoisotopic (exact) mass is 510 g/mol. The average Bonchev–Trinajstić information content (AvgIpc) is 3.53. The number of carbonyl (C=O) groups is 3. The van der Waals surface area contributed by atoms with Gasteiger partial charge in [-0.25, -0.2) is 18.7 Å². The van der Waals surface area contributed by atoms with Crippen molar-refractivity contribution in [2.45, 2.75) is 59.8 Å². The van der Waals surface area contributed by atoms with E-state index >= 15 is 0 Å². The van der Waals surface area contributed by atoms with E-state index < -0.39 is 30.1 Å². The molecule has 2 heterocycles. The molecule has 196 valence electrons. The van der Waals surface area contributed by atoms with E-state index in [9.17, 15) is 23.2 Å². The molecule has 37 heavy (non-hydrogen) atoms. The molecule has 2 aromatic heterocycles. The van der Waals surface area contributed by atoms with Crippen LogP contribution in [-0.4, -0.2) is 40.5 Å². The molecule has 9 heteroatoms. The summed E-state index contributed by atoms with van der Waals surface area (Å²) in [7, 11) is 1.50. The molecule has 2 aromatic rings. The van der Waals surface area contributed by atoms with Crippen LogP contribution in [0.4, 0.5) is 14.6 Å². The number of alkyl halides is 2. The van der Waals surface area contributed by atoms with Crippen molar-refractivity contribution in [2.24, 2.45) is 5.92 Å². The Bertz CT molecular complexity index is 1360. The van der Waals surface area contributed by atoms with Crippen molar-refractivity contribution < 1.29 is 23.2 Å². The second kappa shape index (κ2) is 11.1. The summed E-state index contributed by atoms with van der Waals surface area (Å²) in [5.41, 5.74) is 4.22. The molecule has 0 bridgehead atoms. The minimum Gasteiger partial charge on any atom is -0.354 e. The minimum absolute atomic E-state index is 0.0417. The van der Waals surface area contributed by atoms with Gasteiger partial charge in [0.25, 0.3) is 11.8 Å². The Morgan fingerprint density at radius 3 is 2.38 bits per heavy atom. The Labute approximate surface area is 215 Å². The van der Waals surface area contributed by atoms with Gasteiger partial charge in [0.05, 0.1) is 5.52 Å². The third-order valence-corrected chi connectivity index (χ3v) is 6.51. The summed E-state index contributed by atoms with van der Waals surface area (Å²) in [6, 6.07) is 3.22. The number of amides is 2. The van der Waals surface area contributed by atoms with E-state index in [0.29, 0.717) is 28.5 Å². The van der Waals surface area contributed by atoms with Crippen molar-refractivity contribution in [3.8, 4) is 0 Å². The van der Waals surface area contributed by atoms with Crippen molar-refractivity contribution in [3.63, 3.8) is 0 Å². The van der Waals surface area contributed by atoms with Gasteiger partial charge in [0, 0.05) is 48.7 Å². The lowest BCUT2D eigenvalue weighted by Gasteiger charge is -2.15. The van der Waals surface area contributed by atoms with Gasteiger partial charge in [-0.05, 0) is 50.5 Å². The van der Waals surface area contributed by atoms with Crippen molar-refractivity contribution >= 4 is 39.9 Å². The maximum absolute atomic E-state index is 13.2. The standard InChI is InChI=1S/C28H32F2N4O3/c1-7-15(4)19(23(35)9-3)10-16(5)18(8-2)20-11-17-14-32-24(34-26(36)21-13-28(21,29)30)12-22(17)33-25(20)27(37)31-6/h8,10-12,14,21H,7,9,13H2,1-6H3,(H,31,37)(H,32,34,36)/b16-10-,18-8+,19-15-. The van der Waals surface area contributed by atoms with Crippen LogP contribution in [0, 0.1) is 5.92 Å². The van der Waals surface area contributed by atoms with Gasteiger partial charge >= 0.3 is 0 Å². The maximum Gasteiger partial charge on any atom is 0.270 e. The average molecular weight is 511 g/mol. The molecule has 2 N–H and O–H groups in total. The molecule has 0 aliphatic heterocycles. The molecule has 3 rings (SSSR count). The van der Waals surface area contributed by atoms with Gasteiger partial charge in [0.2, 0.25) is 5.91 Å². The summed E-state index contributed by atoms with van der Waals surface area (Å²) < 4.78 is 26.5. The summed E-state index contributed by atoms with van der Waals surface area (Å²) in [5, 5.41) is 5.60. The zero-order chi connectivity index (χ0) is 27.5. The van der Waals surface area contributed by atoms with E-state index in [0.717, 1.165) is 23.1 Å². The Morgan fingerprint density at radius 1 is 1.16 bits per heavy atom. The van der Waals surface area contributed by atoms with E-state index in [4.69, 9.17) is 0 Å². The molecule has 1 aliphatic rings. The molecule has 7 nitrogen and oxygen atoms in total. The quantitative estimate of drug-likeness (QED) is 0.336. The highest BCUT2D eigenvalue weighted by Gasteiger charge is 2.61. The number of carbonyl (C=O) groups excluding carboxylic acids is 3. The fourth-order valence-corrected chi connectivity index (χ4v) is 4.06. The minimum atomic E-state index is -2.98. The summed E-state index contributed by atoms with van der Waals surface area (Å²) in [6.07, 6.45) is 5.81. The normalized spacial score (nSPS) is 17.8. The van der Waals surface area contributed by atoms with Crippen molar-refractivity contribution in [1.29, 1.82) is 0 Å². The number of nitrogens with one attached hydrogen (secondary N) is 2. The predicted molar refractivity (Wildman–Crippen MR) is 140 cm³/mol. The number of halogens is 2. The first-order valence-electron chi connectivity index (χ1n) is 12.3. The van der Waals surface area contributed by atoms with Crippen LogP contribution in [0.1, 0.15) is 69.9 Å². The van der Waals surface area contributed by atoms with Crippen molar-refractivity contribution in [3.05, 3.63) is 58.5 Å². The highest BCUT2D eigenvalue weighted by Crippen LogP contribution is 2.49. The number of allylic oxidation sites excluding steroid dienone is 6. The largest absolute Gasteiger partial charge is 0.354 e. The molecular weight excluding hydrogens is 478 g/mol. The lowest BCUT2D eigenvalue weighted by atomic mass is 9.92. The van der Waals surface area contributed by atoms with E-state index in [1.807, 2.05) is 46.8 Å². The Balaban J connectivity index is 2.08. The van der Waals surface area contributed by atoms with Gasteiger partial charge in [-0.3, -0.25) is 14.4 Å². The first kappa shape index (κ1) is 27.8. The molecule has 1 atom stereocenters. The van der Waals surface area contributed by atoms with Crippen molar-refractivity contribution in [2.75, 3.05) is 12.4 Å². The molecule has 0 aromatic carbocycles. The van der Waals surface area contributed by atoms with Crippen LogP contribution < -0.4 is 10.6 Å². The second-order valence-electron chi connectivity index (χ2n) is 9.09. The molecule has 1 unspecified atom stereocenters. The predicted octanol–water partition coefficient (Wildman–Crippen LogP) is 5.64. The van der Waals surface area contributed by atoms with Gasteiger partial charge in [-0.2, -0.15) is 0 Å². The number of rotatable bonds is 9. The number of anilines is 1. The number of Topliss-reactive ketones (excluding diaryl/α,β-unsaturated/α-hetero) is 1. The van der Waals surface area contributed by atoms with Gasteiger partial charge in [-0.15, -0.1) is 0 Å². The molecule has 1 fully saturated rings. The Morgan fingerprint density at radius 2 is 1.84 bits per heavy atom. The molecule has 2 amide bonds. The van der Waals surface area contributed by atoms with Crippen molar-refractivity contribution in [1.82, 2.24) is 15.3 Å². The number of hydrogen-bond donors (Lipinski definition) is 2. The van der Waals surface area contributed by atoms with Crippen LogP contribution in [0.5, 0.6) is 0 Å². The lowest BCUT2D eigenvalue weighted by Crippen LogP contribution is -2.21. The van der Waals surface area contributed by atoms with Gasteiger partial charge in [0.1, 0.15) is 17.4 Å². The van der Waals surface area contributed by atoms with Crippen LogP contribution in [0.3, 0.4) is 0 Å². The number of hydrogen-bond acceptors (Lipinski definition) is 5. The van der Waals surface area contributed by atoms with Crippen LogP contribution in [-0.2, 0) is 9.59 Å². The zero-order valence-electron chi connectivity index (χ0n) is 22.0. The highest BCUT2D eigenvalue weighted by molar-refractivity contribution is 6.04. The fourth-order valence-electron chi connectivity index (χ4n) is 4.06. The van der Waals surface area contributed by atoms with Crippen LogP contribution >= 0.6 is 0 Å². The number of fused-ring (bicyclic) bond motifs is 1. The van der Waals surface area contributed by atoms with E-state index in [1.54, 1.807) is 6.07 Å². The first-order chi connectivity index (χ1) is 17.5. The number of nitrogens with zero attached hydrogens (tertiary/aromatic N) is 2. The van der Waals surface area contributed by atoms with Gasteiger partial charge in [-0.1, -0.05) is 25.5 Å². The Kier molecular flexibility index (Phi) is 8.35. The molecule has 1 aliphatic carbocycles. The number of pyridine rings is 2. The van der Waals surface area contributed by atoms with E-state index in [1.165, 1.54) is 19.3 Å². The van der Waals surface area contributed by atoms with E-state index in [2.05, 4.69) is 20.6 Å². The van der Waals surface area contributed by atoms with Crippen LogP contribution in [0.25, 0.3) is 16.5 Å². The van der Waals surface area contributed by atoms with Gasteiger partial charge in [0.15, 0.2) is 5.78 Å². The number of aromatic nitrogens is 2.